The van der Waals surface area contributed by atoms with E-state index in [9.17, 15) is 14.7 Å². The SMILES string of the molecule is CC(=O)OC1CC[C@@]2(C)C(=CC[C@H]3[C@@H]4CC[C@H](C(C)=O)[C@@]4(CO)CC[C@@H]32)C1. The Morgan fingerprint density at radius 3 is 2.59 bits per heavy atom. The molecule has 0 bridgehead atoms. The number of hydrogen-bond acceptors (Lipinski definition) is 4. The minimum absolute atomic E-state index is 0.0343. The lowest BCUT2D eigenvalue weighted by Crippen LogP contribution is -2.53. The number of aliphatic hydroxyl groups is 1. The summed E-state index contributed by atoms with van der Waals surface area (Å²) in [6.45, 7) is 5.79. The summed E-state index contributed by atoms with van der Waals surface area (Å²) >= 11 is 0. The molecule has 4 aliphatic rings. The third-order valence-electron chi connectivity index (χ3n) is 8.89. The summed E-state index contributed by atoms with van der Waals surface area (Å²) in [4.78, 5) is 23.6. The van der Waals surface area contributed by atoms with E-state index in [1.807, 2.05) is 0 Å². The third-order valence-corrected chi connectivity index (χ3v) is 8.89. The molecule has 7 atom stereocenters. The standard InChI is InChI=1S/C23H34O4/c1-14(25)19-6-7-21-18-5-4-16-12-17(27-15(2)26)8-10-22(16,3)20(18)9-11-23(19,21)13-24/h4,17-21,24H,5-13H2,1-3H3/t17?,18-,19-,20+,21+,22+,23+/m1/s1. The zero-order chi connectivity index (χ0) is 19.4. The monoisotopic (exact) mass is 374 g/mol. The van der Waals surface area contributed by atoms with Crippen LogP contribution in [-0.4, -0.2) is 29.6 Å². The van der Waals surface area contributed by atoms with E-state index in [4.69, 9.17) is 4.74 Å². The molecule has 0 saturated heterocycles. The molecular formula is C23H34O4. The zero-order valence-corrected chi connectivity index (χ0v) is 17.0. The van der Waals surface area contributed by atoms with Crippen LogP contribution in [0.4, 0.5) is 0 Å². The van der Waals surface area contributed by atoms with E-state index < -0.39 is 0 Å². The van der Waals surface area contributed by atoms with E-state index >= 15 is 0 Å². The van der Waals surface area contributed by atoms with Gasteiger partial charge in [-0.15, -0.1) is 0 Å². The Labute approximate surface area is 162 Å². The fraction of sp³-hybridized carbons (Fsp3) is 0.826. The van der Waals surface area contributed by atoms with E-state index in [-0.39, 0.29) is 41.2 Å². The molecule has 4 nitrogen and oxygen atoms in total. The number of aliphatic hydroxyl groups excluding tert-OH is 1. The maximum atomic E-state index is 12.3. The molecule has 27 heavy (non-hydrogen) atoms. The second-order valence-corrected chi connectivity index (χ2v) is 9.90. The first-order valence-corrected chi connectivity index (χ1v) is 10.8. The number of hydrogen-bond donors (Lipinski definition) is 1. The fourth-order valence-corrected chi connectivity index (χ4v) is 7.69. The molecule has 3 fully saturated rings. The van der Waals surface area contributed by atoms with Crippen molar-refractivity contribution in [1.82, 2.24) is 0 Å². The molecule has 1 unspecified atom stereocenters. The van der Waals surface area contributed by atoms with Crippen molar-refractivity contribution in [3.63, 3.8) is 0 Å². The molecule has 3 saturated carbocycles. The van der Waals surface area contributed by atoms with Crippen LogP contribution in [-0.2, 0) is 14.3 Å². The van der Waals surface area contributed by atoms with Crippen LogP contribution in [0, 0.1) is 34.5 Å². The van der Waals surface area contributed by atoms with Crippen molar-refractivity contribution in [3.05, 3.63) is 11.6 Å². The number of fused-ring (bicyclic) bond motifs is 5. The number of carbonyl (C=O) groups is 2. The molecule has 150 valence electrons. The number of esters is 1. The number of rotatable bonds is 3. The molecular weight excluding hydrogens is 340 g/mol. The van der Waals surface area contributed by atoms with Crippen molar-refractivity contribution in [2.45, 2.75) is 78.2 Å². The quantitative estimate of drug-likeness (QED) is 0.598. The lowest BCUT2D eigenvalue weighted by molar-refractivity contribution is -0.149. The van der Waals surface area contributed by atoms with Crippen molar-refractivity contribution in [2.75, 3.05) is 6.61 Å². The van der Waals surface area contributed by atoms with Crippen LogP contribution in [0.15, 0.2) is 11.6 Å². The van der Waals surface area contributed by atoms with Crippen LogP contribution >= 0.6 is 0 Å². The highest BCUT2D eigenvalue weighted by atomic mass is 16.5. The zero-order valence-electron chi connectivity index (χ0n) is 17.0. The van der Waals surface area contributed by atoms with Crippen LogP contribution in [0.25, 0.3) is 0 Å². The molecule has 0 spiro atoms. The highest BCUT2D eigenvalue weighted by molar-refractivity contribution is 5.79. The number of Topliss-reactive ketones (excluding diaryl/α,β-unsaturated/α-hetero) is 1. The minimum Gasteiger partial charge on any atom is -0.462 e. The van der Waals surface area contributed by atoms with Crippen molar-refractivity contribution < 1.29 is 19.4 Å². The molecule has 0 aromatic heterocycles. The average molecular weight is 375 g/mol. The Kier molecular flexibility index (Phi) is 4.77. The molecule has 1 N–H and O–H groups in total. The number of ketones is 1. The molecule has 4 aliphatic carbocycles. The van der Waals surface area contributed by atoms with Crippen LogP contribution in [0.3, 0.4) is 0 Å². The van der Waals surface area contributed by atoms with Crippen molar-refractivity contribution in [3.8, 4) is 0 Å². The van der Waals surface area contributed by atoms with Gasteiger partial charge in [-0.25, -0.2) is 0 Å². The molecule has 0 aromatic rings. The van der Waals surface area contributed by atoms with Gasteiger partial charge in [0.05, 0.1) is 0 Å². The first-order chi connectivity index (χ1) is 12.8. The van der Waals surface area contributed by atoms with Crippen LogP contribution < -0.4 is 0 Å². The summed E-state index contributed by atoms with van der Waals surface area (Å²) < 4.78 is 5.51. The van der Waals surface area contributed by atoms with Gasteiger partial charge in [0.1, 0.15) is 11.9 Å². The molecule has 4 rings (SSSR count). The van der Waals surface area contributed by atoms with Gasteiger partial charge < -0.3 is 9.84 Å². The second kappa shape index (κ2) is 6.72. The maximum absolute atomic E-state index is 12.3. The van der Waals surface area contributed by atoms with Crippen LogP contribution in [0.1, 0.15) is 72.1 Å². The lowest BCUT2D eigenvalue weighted by Gasteiger charge is -2.58. The molecule has 4 heteroatoms. The first-order valence-electron chi connectivity index (χ1n) is 10.8. The smallest absolute Gasteiger partial charge is 0.302 e. The van der Waals surface area contributed by atoms with Gasteiger partial charge >= 0.3 is 5.97 Å². The number of carbonyl (C=O) groups excluding carboxylic acids is 2. The Hall–Kier alpha value is -1.16. The Morgan fingerprint density at radius 1 is 1.15 bits per heavy atom. The lowest BCUT2D eigenvalue weighted by atomic mass is 9.47. The van der Waals surface area contributed by atoms with Crippen LogP contribution in [0.2, 0.25) is 0 Å². The number of allylic oxidation sites excluding steroid dienone is 1. The molecule has 0 heterocycles. The van der Waals surface area contributed by atoms with Crippen molar-refractivity contribution in [1.29, 1.82) is 0 Å². The van der Waals surface area contributed by atoms with Gasteiger partial charge in [0.25, 0.3) is 0 Å². The van der Waals surface area contributed by atoms with Gasteiger partial charge in [-0.2, -0.15) is 0 Å². The van der Waals surface area contributed by atoms with E-state index in [0.29, 0.717) is 17.8 Å². The van der Waals surface area contributed by atoms with E-state index in [1.165, 1.54) is 12.5 Å². The summed E-state index contributed by atoms with van der Waals surface area (Å²) in [7, 11) is 0. The highest BCUT2D eigenvalue weighted by Crippen LogP contribution is 2.66. The summed E-state index contributed by atoms with van der Waals surface area (Å²) in [5.41, 5.74) is 1.50. The van der Waals surface area contributed by atoms with Crippen molar-refractivity contribution in [2.24, 2.45) is 34.5 Å². The van der Waals surface area contributed by atoms with Crippen LogP contribution in [0.5, 0.6) is 0 Å². The fourth-order valence-electron chi connectivity index (χ4n) is 7.69. The highest BCUT2D eigenvalue weighted by Gasteiger charge is 2.61. The van der Waals surface area contributed by atoms with Gasteiger partial charge in [-0.05, 0) is 75.0 Å². The molecule has 0 amide bonds. The summed E-state index contributed by atoms with van der Waals surface area (Å²) in [5.74, 6) is 1.82. The largest absolute Gasteiger partial charge is 0.462 e. The number of ether oxygens (including phenoxy) is 1. The third kappa shape index (κ3) is 2.82. The predicted octanol–water partition coefficient (Wildman–Crippen LogP) is 4.06. The summed E-state index contributed by atoms with van der Waals surface area (Å²) in [6.07, 6.45) is 10.5. The van der Waals surface area contributed by atoms with Gasteiger partial charge in [0.2, 0.25) is 0 Å². The molecule has 0 radical (unpaired) electrons. The van der Waals surface area contributed by atoms with Gasteiger partial charge in [0.15, 0.2) is 0 Å². The minimum atomic E-state index is -0.177. The topological polar surface area (TPSA) is 63.6 Å². The van der Waals surface area contributed by atoms with Crippen molar-refractivity contribution >= 4 is 11.8 Å². The second-order valence-electron chi connectivity index (χ2n) is 9.90. The summed E-state index contributed by atoms with van der Waals surface area (Å²) in [5, 5.41) is 10.4. The van der Waals surface area contributed by atoms with E-state index in [2.05, 4.69) is 13.0 Å². The Balaban J connectivity index is 1.61. The van der Waals surface area contributed by atoms with Gasteiger partial charge in [-0.3, -0.25) is 9.59 Å². The Bertz CT molecular complexity index is 667. The van der Waals surface area contributed by atoms with E-state index in [1.54, 1.807) is 6.92 Å². The molecule has 0 aliphatic heterocycles. The Morgan fingerprint density at radius 2 is 1.93 bits per heavy atom. The van der Waals surface area contributed by atoms with E-state index in [0.717, 1.165) is 51.4 Å². The van der Waals surface area contributed by atoms with Gasteiger partial charge in [0, 0.05) is 31.3 Å². The molecule has 0 aromatic carbocycles. The summed E-state index contributed by atoms with van der Waals surface area (Å²) in [6, 6.07) is 0. The average Bonchev–Trinajstić information content (AvgIpc) is 3.02. The normalized spacial score (nSPS) is 45.9. The predicted molar refractivity (Wildman–Crippen MR) is 103 cm³/mol. The first kappa shape index (κ1) is 19.2. The maximum Gasteiger partial charge on any atom is 0.302 e. The van der Waals surface area contributed by atoms with Gasteiger partial charge in [-0.1, -0.05) is 18.6 Å².